The van der Waals surface area contributed by atoms with Gasteiger partial charge in [0.15, 0.2) is 0 Å². The molecule has 8 nitrogen and oxygen atoms in total. The molecule has 3 rings (SSSR count). The number of carbonyl (C=O) groups is 1. The maximum absolute atomic E-state index is 12.2. The zero-order valence-corrected chi connectivity index (χ0v) is 13.2. The van der Waals surface area contributed by atoms with Gasteiger partial charge in [0.2, 0.25) is 0 Å². The van der Waals surface area contributed by atoms with E-state index in [4.69, 9.17) is 0 Å². The van der Waals surface area contributed by atoms with E-state index in [0.717, 1.165) is 5.56 Å². The molecule has 2 heterocycles. The van der Waals surface area contributed by atoms with Crippen LogP contribution in [-0.2, 0) is 6.54 Å². The number of aromatic amines is 1. The van der Waals surface area contributed by atoms with E-state index in [1.165, 1.54) is 29.1 Å². The van der Waals surface area contributed by atoms with Crippen LogP contribution in [0.2, 0.25) is 0 Å². The number of rotatable bonds is 5. The van der Waals surface area contributed by atoms with Gasteiger partial charge in [-0.05, 0) is 6.07 Å². The number of benzene rings is 1. The Morgan fingerprint density at radius 3 is 2.60 bits per heavy atom. The maximum atomic E-state index is 12.2. The van der Waals surface area contributed by atoms with Crippen molar-refractivity contribution < 1.29 is 4.79 Å². The Balaban J connectivity index is 1.62. The molecule has 8 heteroatoms. The van der Waals surface area contributed by atoms with Crippen molar-refractivity contribution in [1.29, 1.82) is 0 Å². The third kappa shape index (κ3) is 4.05. The highest BCUT2D eigenvalue weighted by molar-refractivity contribution is 5.91. The summed E-state index contributed by atoms with van der Waals surface area (Å²) in [7, 11) is 0. The molecule has 0 fully saturated rings. The van der Waals surface area contributed by atoms with Gasteiger partial charge in [-0.3, -0.25) is 19.0 Å². The molecular weight excluding hydrogens is 322 g/mol. The first kappa shape index (κ1) is 16.3. The van der Waals surface area contributed by atoms with Gasteiger partial charge in [0.25, 0.3) is 17.0 Å². The third-order valence-corrected chi connectivity index (χ3v) is 3.50. The topological polar surface area (TPSA) is 110 Å². The highest BCUT2D eigenvalue weighted by atomic mass is 16.2. The number of hydrogen-bond acceptors (Lipinski definition) is 5. The van der Waals surface area contributed by atoms with Gasteiger partial charge in [0.1, 0.15) is 5.69 Å². The van der Waals surface area contributed by atoms with E-state index >= 15 is 0 Å². The van der Waals surface area contributed by atoms with Gasteiger partial charge in [-0.1, -0.05) is 30.3 Å². The fraction of sp³-hybridized carbons (Fsp3) is 0.118. The van der Waals surface area contributed by atoms with E-state index in [0.29, 0.717) is 5.69 Å². The van der Waals surface area contributed by atoms with Gasteiger partial charge in [-0.2, -0.15) is 5.10 Å². The summed E-state index contributed by atoms with van der Waals surface area (Å²) in [4.78, 5) is 39.2. The molecule has 1 aromatic carbocycles. The number of aromatic nitrogens is 4. The SMILES string of the molecule is O=C(NCCn1cnc(-c2ccccc2)cc1=O)c1ccc(=O)[nH]n1. The maximum Gasteiger partial charge on any atom is 0.271 e. The van der Waals surface area contributed by atoms with Crippen molar-refractivity contribution in [1.82, 2.24) is 25.1 Å². The van der Waals surface area contributed by atoms with Crippen LogP contribution in [0.1, 0.15) is 10.5 Å². The van der Waals surface area contributed by atoms with E-state index in [1.807, 2.05) is 30.3 Å². The van der Waals surface area contributed by atoms with Crippen molar-refractivity contribution in [3.8, 4) is 11.3 Å². The first-order valence-corrected chi connectivity index (χ1v) is 7.59. The van der Waals surface area contributed by atoms with E-state index in [9.17, 15) is 14.4 Å². The Labute approximate surface area is 142 Å². The summed E-state index contributed by atoms with van der Waals surface area (Å²) in [5, 5.41) is 8.45. The van der Waals surface area contributed by atoms with Crippen molar-refractivity contribution in [3.05, 3.63) is 81.3 Å². The molecule has 0 aliphatic heterocycles. The number of nitrogens with one attached hydrogen (secondary N) is 2. The van der Waals surface area contributed by atoms with Crippen LogP contribution >= 0.6 is 0 Å². The molecule has 0 unspecified atom stereocenters. The summed E-state index contributed by atoms with van der Waals surface area (Å²) in [5.74, 6) is -0.432. The lowest BCUT2D eigenvalue weighted by molar-refractivity contribution is 0.0946. The number of amides is 1. The van der Waals surface area contributed by atoms with Crippen molar-refractivity contribution in [2.45, 2.75) is 6.54 Å². The highest BCUT2D eigenvalue weighted by Gasteiger charge is 2.07. The van der Waals surface area contributed by atoms with Crippen molar-refractivity contribution in [3.63, 3.8) is 0 Å². The number of nitrogens with zero attached hydrogens (tertiary/aromatic N) is 3. The Bertz CT molecular complexity index is 974. The second-order valence-electron chi connectivity index (χ2n) is 5.23. The molecule has 0 spiro atoms. The molecule has 0 atom stereocenters. The molecule has 2 N–H and O–H groups in total. The number of hydrogen-bond donors (Lipinski definition) is 2. The molecule has 0 bridgehead atoms. The third-order valence-electron chi connectivity index (χ3n) is 3.50. The second-order valence-corrected chi connectivity index (χ2v) is 5.23. The fourth-order valence-electron chi connectivity index (χ4n) is 2.21. The highest BCUT2D eigenvalue weighted by Crippen LogP contribution is 2.13. The number of carbonyl (C=O) groups excluding carboxylic acids is 1. The molecule has 0 saturated carbocycles. The molecule has 0 aliphatic carbocycles. The van der Waals surface area contributed by atoms with E-state index < -0.39 is 5.91 Å². The standard InChI is InChI=1S/C17H15N5O3/c23-15-7-6-13(20-21-15)17(25)18-8-9-22-11-19-14(10-16(22)24)12-4-2-1-3-5-12/h1-7,10-11H,8-9H2,(H,18,25)(H,21,23). The minimum Gasteiger partial charge on any atom is -0.349 e. The van der Waals surface area contributed by atoms with Gasteiger partial charge in [-0.15, -0.1) is 0 Å². The van der Waals surface area contributed by atoms with E-state index in [-0.39, 0.29) is 29.9 Å². The summed E-state index contributed by atoms with van der Waals surface area (Å²) in [6.45, 7) is 0.502. The van der Waals surface area contributed by atoms with Crippen molar-refractivity contribution in [2.75, 3.05) is 6.54 Å². The van der Waals surface area contributed by atoms with Crippen LogP contribution in [0, 0.1) is 0 Å². The van der Waals surface area contributed by atoms with Crippen LogP contribution in [0.5, 0.6) is 0 Å². The lowest BCUT2D eigenvalue weighted by Gasteiger charge is -2.08. The molecule has 25 heavy (non-hydrogen) atoms. The monoisotopic (exact) mass is 337 g/mol. The minimum atomic E-state index is -0.432. The van der Waals surface area contributed by atoms with Crippen LogP contribution in [-0.4, -0.2) is 32.2 Å². The fourth-order valence-corrected chi connectivity index (χ4v) is 2.21. The number of H-pyrrole nitrogens is 1. The Hall–Kier alpha value is -3.55. The quantitative estimate of drug-likeness (QED) is 0.701. The average molecular weight is 337 g/mol. The van der Waals surface area contributed by atoms with Gasteiger partial charge in [-0.25, -0.2) is 10.1 Å². The van der Waals surface area contributed by atoms with E-state index in [2.05, 4.69) is 20.5 Å². The van der Waals surface area contributed by atoms with Crippen molar-refractivity contribution in [2.24, 2.45) is 0 Å². The molecule has 0 aliphatic rings. The normalized spacial score (nSPS) is 10.4. The lowest BCUT2D eigenvalue weighted by atomic mass is 10.1. The molecular formula is C17H15N5O3. The summed E-state index contributed by atoms with van der Waals surface area (Å²) >= 11 is 0. The summed E-state index contributed by atoms with van der Waals surface area (Å²) in [6.07, 6.45) is 1.45. The molecule has 0 saturated heterocycles. The zero-order chi connectivity index (χ0) is 17.6. The van der Waals surface area contributed by atoms with Crippen LogP contribution in [0.4, 0.5) is 0 Å². The molecule has 3 aromatic rings. The average Bonchev–Trinajstić information content (AvgIpc) is 2.64. The summed E-state index contributed by atoms with van der Waals surface area (Å²) in [6, 6.07) is 13.4. The molecule has 126 valence electrons. The van der Waals surface area contributed by atoms with Crippen molar-refractivity contribution >= 4 is 5.91 Å². The van der Waals surface area contributed by atoms with Gasteiger partial charge in [0, 0.05) is 30.8 Å². The van der Waals surface area contributed by atoms with Gasteiger partial charge < -0.3 is 5.32 Å². The Morgan fingerprint density at radius 2 is 1.92 bits per heavy atom. The van der Waals surface area contributed by atoms with Crippen LogP contribution in [0.15, 0.2) is 64.4 Å². The van der Waals surface area contributed by atoms with Gasteiger partial charge in [0.05, 0.1) is 12.0 Å². The first-order valence-electron chi connectivity index (χ1n) is 7.59. The molecule has 1 amide bonds. The van der Waals surface area contributed by atoms with Crippen LogP contribution < -0.4 is 16.4 Å². The Kier molecular flexibility index (Phi) is 4.79. The zero-order valence-electron chi connectivity index (χ0n) is 13.2. The Morgan fingerprint density at radius 1 is 1.12 bits per heavy atom. The second kappa shape index (κ2) is 7.35. The molecule has 2 aromatic heterocycles. The largest absolute Gasteiger partial charge is 0.349 e. The van der Waals surface area contributed by atoms with Gasteiger partial charge >= 0.3 is 0 Å². The van der Waals surface area contributed by atoms with Crippen LogP contribution in [0.25, 0.3) is 11.3 Å². The lowest BCUT2D eigenvalue weighted by Crippen LogP contribution is -2.31. The van der Waals surface area contributed by atoms with Crippen LogP contribution in [0.3, 0.4) is 0 Å². The predicted molar refractivity (Wildman–Crippen MR) is 91.1 cm³/mol. The summed E-state index contributed by atoms with van der Waals surface area (Å²) in [5.41, 5.74) is 0.981. The predicted octanol–water partition coefficient (Wildman–Crippen LogP) is 0.424. The minimum absolute atomic E-state index is 0.101. The molecule has 0 radical (unpaired) electrons. The summed E-state index contributed by atoms with van der Waals surface area (Å²) < 4.78 is 1.41. The van der Waals surface area contributed by atoms with E-state index in [1.54, 1.807) is 0 Å². The first-order chi connectivity index (χ1) is 12.1. The smallest absolute Gasteiger partial charge is 0.271 e.